The Morgan fingerprint density at radius 1 is 0.960 bits per heavy atom. The van der Waals surface area contributed by atoms with Gasteiger partial charge in [0.1, 0.15) is 5.65 Å². The van der Waals surface area contributed by atoms with Gasteiger partial charge in [0.2, 0.25) is 11.8 Å². The van der Waals surface area contributed by atoms with Crippen LogP contribution >= 0.6 is 23.2 Å². The van der Waals surface area contributed by atoms with Crippen molar-refractivity contribution in [2.24, 2.45) is 5.41 Å². The Morgan fingerprint density at radius 2 is 1.68 bits per heavy atom. The standard InChI is InChI=1S/C38H38Cl2N6O4/c1-38(21-50-22-38)20-42-17-25-18-43-32-15-23(13-14-46(32)37(25)48)27-5-3-6-28(34(27)39)29-7-4-8-30(35(29)40)31-11-9-24(36(45-31)49-2)16-41-19-26-10-12-33(47)44-26/h3-9,11,13-15,18,26,41-42H,10,12,16-17,19-22H2,1-2H3,(H,44,47)/t26-/m0/s1. The van der Waals surface area contributed by atoms with E-state index in [2.05, 4.69) is 27.9 Å². The summed E-state index contributed by atoms with van der Waals surface area (Å²) in [7, 11) is 1.60. The summed E-state index contributed by atoms with van der Waals surface area (Å²) < 4.78 is 12.5. The van der Waals surface area contributed by atoms with Crippen LogP contribution in [0, 0.1) is 5.41 Å². The number of methoxy groups -OCH3 is 1. The van der Waals surface area contributed by atoms with E-state index in [0.29, 0.717) is 58.9 Å². The first-order valence-corrected chi connectivity index (χ1v) is 17.4. The molecular formula is C38H38Cl2N6O4. The molecule has 7 rings (SSSR count). The van der Waals surface area contributed by atoms with E-state index in [1.165, 1.54) is 0 Å². The molecule has 0 saturated carbocycles. The minimum atomic E-state index is -0.110. The Morgan fingerprint density at radius 3 is 2.38 bits per heavy atom. The largest absolute Gasteiger partial charge is 0.481 e. The molecule has 0 aliphatic carbocycles. The van der Waals surface area contributed by atoms with Crippen molar-refractivity contribution in [2.75, 3.05) is 33.4 Å². The second-order valence-corrected chi connectivity index (χ2v) is 14.0. The van der Waals surface area contributed by atoms with Crippen molar-refractivity contribution in [1.82, 2.24) is 30.3 Å². The molecule has 2 aromatic carbocycles. The van der Waals surface area contributed by atoms with Gasteiger partial charge < -0.3 is 25.4 Å². The number of nitrogens with one attached hydrogen (secondary N) is 3. The first-order valence-electron chi connectivity index (χ1n) is 16.6. The van der Waals surface area contributed by atoms with Gasteiger partial charge in [-0.05, 0) is 30.2 Å². The van der Waals surface area contributed by atoms with E-state index in [4.69, 9.17) is 37.7 Å². The van der Waals surface area contributed by atoms with Crippen LogP contribution in [-0.4, -0.2) is 59.7 Å². The monoisotopic (exact) mass is 712 g/mol. The molecule has 0 bridgehead atoms. The fourth-order valence-electron chi connectivity index (χ4n) is 6.50. The van der Waals surface area contributed by atoms with E-state index in [-0.39, 0.29) is 22.9 Å². The highest BCUT2D eigenvalue weighted by Gasteiger charge is 2.32. The summed E-state index contributed by atoms with van der Waals surface area (Å²) in [5.41, 5.74) is 6.58. The molecule has 1 atom stereocenters. The van der Waals surface area contributed by atoms with Crippen molar-refractivity contribution >= 4 is 34.8 Å². The third-order valence-corrected chi connectivity index (χ3v) is 10.2. The van der Waals surface area contributed by atoms with Crippen LogP contribution in [0.1, 0.15) is 30.9 Å². The predicted octanol–water partition coefficient (Wildman–Crippen LogP) is 5.90. The molecule has 258 valence electrons. The summed E-state index contributed by atoms with van der Waals surface area (Å²) in [5.74, 6) is 0.594. The molecule has 0 unspecified atom stereocenters. The molecule has 2 aliphatic rings. The van der Waals surface area contributed by atoms with E-state index in [9.17, 15) is 9.59 Å². The van der Waals surface area contributed by atoms with Crippen molar-refractivity contribution in [1.29, 1.82) is 0 Å². The van der Waals surface area contributed by atoms with Gasteiger partial charge in [-0.1, -0.05) is 72.6 Å². The second kappa shape index (κ2) is 14.5. The van der Waals surface area contributed by atoms with Crippen LogP contribution in [-0.2, 0) is 22.6 Å². The Labute approximate surface area is 300 Å². The first-order chi connectivity index (χ1) is 24.2. The number of carbonyl (C=O) groups excluding carboxylic acids is 1. The number of hydrogen-bond acceptors (Lipinski definition) is 8. The molecule has 0 radical (unpaired) electrons. The highest BCUT2D eigenvalue weighted by Crippen LogP contribution is 2.42. The van der Waals surface area contributed by atoms with E-state index in [1.54, 1.807) is 23.9 Å². The molecule has 10 nitrogen and oxygen atoms in total. The third-order valence-electron chi connectivity index (χ3n) is 9.35. The molecule has 5 heterocycles. The van der Waals surface area contributed by atoms with Crippen LogP contribution in [0.25, 0.3) is 39.2 Å². The molecule has 5 aromatic rings. The molecule has 2 fully saturated rings. The average molecular weight is 714 g/mol. The third kappa shape index (κ3) is 6.99. The molecule has 2 saturated heterocycles. The lowest BCUT2D eigenvalue weighted by molar-refractivity contribution is -0.119. The first kappa shape index (κ1) is 34.1. The van der Waals surface area contributed by atoms with E-state index >= 15 is 0 Å². The van der Waals surface area contributed by atoms with Crippen molar-refractivity contribution in [3.8, 4) is 39.4 Å². The van der Waals surface area contributed by atoms with Gasteiger partial charge in [-0.25, -0.2) is 9.97 Å². The highest BCUT2D eigenvalue weighted by atomic mass is 35.5. The topological polar surface area (TPSA) is 119 Å². The molecule has 50 heavy (non-hydrogen) atoms. The summed E-state index contributed by atoms with van der Waals surface area (Å²) >= 11 is 14.2. The van der Waals surface area contributed by atoms with Crippen molar-refractivity contribution in [3.05, 3.63) is 105 Å². The number of amides is 1. The number of rotatable bonds is 12. The zero-order valence-corrected chi connectivity index (χ0v) is 29.4. The van der Waals surface area contributed by atoms with Gasteiger partial charge in [0.25, 0.3) is 5.56 Å². The van der Waals surface area contributed by atoms with E-state index in [0.717, 1.165) is 59.6 Å². The smallest absolute Gasteiger partial charge is 0.262 e. The minimum Gasteiger partial charge on any atom is -0.481 e. The van der Waals surface area contributed by atoms with Crippen LogP contribution in [0.2, 0.25) is 10.0 Å². The fourth-order valence-corrected chi connectivity index (χ4v) is 7.16. The zero-order chi connectivity index (χ0) is 34.8. The zero-order valence-electron chi connectivity index (χ0n) is 27.9. The number of nitrogens with zero attached hydrogens (tertiary/aromatic N) is 3. The van der Waals surface area contributed by atoms with Gasteiger partial charge in [0.05, 0.1) is 36.1 Å². The molecule has 3 N–H and O–H groups in total. The number of carbonyl (C=O) groups is 1. The van der Waals surface area contributed by atoms with Crippen LogP contribution < -0.4 is 26.2 Å². The number of aromatic nitrogens is 3. The van der Waals surface area contributed by atoms with Crippen LogP contribution in [0.5, 0.6) is 5.88 Å². The second-order valence-electron chi connectivity index (χ2n) is 13.3. The maximum absolute atomic E-state index is 13.3. The van der Waals surface area contributed by atoms with Gasteiger partial charge in [-0.15, -0.1) is 0 Å². The lowest BCUT2D eigenvalue weighted by Gasteiger charge is -2.38. The Balaban J connectivity index is 1.12. The van der Waals surface area contributed by atoms with Gasteiger partial charge in [0, 0.05) is 89.8 Å². The number of benzene rings is 2. The molecular weight excluding hydrogens is 675 g/mol. The summed E-state index contributed by atoms with van der Waals surface area (Å²) in [6, 6.07) is 19.4. The minimum absolute atomic E-state index is 0.0967. The van der Waals surface area contributed by atoms with Crippen molar-refractivity contribution < 1.29 is 14.3 Å². The van der Waals surface area contributed by atoms with E-state index in [1.807, 2.05) is 60.7 Å². The summed E-state index contributed by atoms with van der Waals surface area (Å²) in [4.78, 5) is 34.2. The highest BCUT2D eigenvalue weighted by molar-refractivity contribution is 6.39. The number of halogens is 2. The van der Waals surface area contributed by atoms with Gasteiger partial charge >= 0.3 is 0 Å². The fraction of sp³-hybridized carbons (Fsp3) is 0.316. The van der Waals surface area contributed by atoms with Gasteiger partial charge in [-0.2, -0.15) is 0 Å². The maximum atomic E-state index is 13.3. The number of hydrogen-bond donors (Lipinski definition) is 3. The average Bonchev–Trinajstić information content (AvgIpc) is 3.53. The SMILES string of the molecule is COc1nc(-c2cccc(-c3cccc(-c4ccn5c(=O)c(CNCC6(C)COC6)cnc5c4)c3Cl)c2Cl)ccc1CNC[C@@H]1CCC(=O)N1. The summed E-state index contributed by atoms with van der Waals surface area (Å²) in [6.45, 7) is 6.04. The van der Waals surface area contributed by atoms with Crippen LogP contribution in [0.4, 0.5) is 0 Å². The Kier molecular flexibility index (Phi) is 9.90. The molecule has 12 heteroatoms. The predicted molar refractivity (Wildman–Crippen MR) is 196 cm³/mol. The van der Waals surface area contributed by atoms with Crippen LogP contribution in [0.3, 0.4) is 0 Å². The summed E-state index contributed by atoms with van der Waals surface area (Å²) in [6.07, 6.45) is 4.78. The van der Waals surface area contributed by atoms with Gasteiger partial charge in [0.15, 0.2) is 0 Å². The lowest BCUT2D eigenvalue weighted by atomic mass is 9.89. The van der Waals surface area contributed by atoms with Crippen LogP contribution in [0.15, 0.2) is 77.9 Å². The Hall–Kier alpha value is -4.32. The molecule has 1 amide bonds. The number of ether oxygens (including phenoxy) is 2. The molecule has 2 aliphatic heterocycles. The van der Waals surface area contributed by atoms with E-state index < -0.39 is 0 Å². The number of pyridine rings is 2. The summed E-state index contributed by atoms with van der Waals surface area (Å²) in [5, 5.41) is 10.8. The maximum Gasteiger partial charge on any atom is 0.262 e. The number of fused-ring (bicyclic) bond motifs is 1. The van der Waals surface area contributed by atoms with Gasteiger partial charge in [-0.3, -0.25) is 14.0 Å². The Bertz CT molecular complexity index is 2130. The molecule has 0 spiro atoms. The normalized spacial score (nSPS) is 16.7. The van der Waals surface area contributed by atoms with Crippen molar-refractivity contribution in [2.45, 2.75) is 38.9 Å². The molecule has 3 aromatic heterocycles. The quantitative estimate of drug-likeness (QED) is 0.146. The van der Waals surface area contributed by atoms with Crippen molar-refractivity contribution in [3.63, 3.8) is 0 Å². The lowest BCUT2D eigenvalue weighted by Crippen LogP contribution is -2.47.